The summed E-state index contributed by atoms with van der Waals surface area (Å²) in [5.41, 5.74) is 3.37. The number of nitrogens with zero attached hydrogens (tertiary/aromatic N) is 1. The van der Waals surface area contributed by atoms with E-state index in [-0.39, 0.29) is 6.03 Å². The van der Waals surface area contributed by atoms with Gasteiger partial charge in [-0.05, 0) is 25.5 Å². The molecular formula is C10H17N3O. The molecule has 0 radical (unpaired) electrons. The first-order valence-electron chi connectivity index (χ1n) is 4.61. The lowest BCUT2D eigenvalue weighted by molar-refractivity contribution is 0.217. The van der Waals surface area contributed by atoms with Gasteiger partial charge in [0.05, 0.1) is 0 Å². The van der Waals surface area contributed by atoms with E-state index in [0.29, 0.717) is 6.54 Å². The molecule has 0 bridgehead atoms. The molecule has 14 heavy (non-hydrogen) atoms. The maximum absolute atomic E-state index is 11.2. The lowest BCUT2D eigenvalue weighted by Crippen LogP contribution is -2.33. The van der Waals surface area contributed by atoms with Crippen LogP contribution in [0.15, 0.2) is 6.07 Å². The molecule has 1 aromatic heterocycles. The van der Waals surface area contributed by atoms with Crippen molar-refractivity contribution in [1.29, 1.82) is 0 Å². The van der Waals surface area contributed by atoms with Crippen LogP contribution in [0.25, 0.3) is 0 Å². The first-order valence-corrected chi connectivity index (χ1v) is 4.61. The molecule has 0 unspecified atom stereocenters. The Morgan fingerprint density at radius 3 is 2.57 bits per heavy atom. The van der Waals surface area contributed by atoms with Gasteiger partial charge < -0.3 is 15.2 Å². The van der Waals surface area contributed by atoms with Gasteiger partial charge in [0.1, 0.15) is 0 Å². The average Bonchev–Trinajstić information content (AvgIpc) is 2.40. The Hall–Kier alpha value is -1.45. The maximum atomic E-state index is 11.2. The number of urea groups is 1. The smallest absolute Gasteiger partial charge is 0.317 e. The number of aryl methyl sites for hydroxylation is 2. The molecular weight excluding hydrogens is 178 g/mol. The number of aromatic amines is 1. The number of nitrogens with one attached hydrogen (secondary N) is 2. The molecule has 0 aliphatic heterocycles. The minimum absolute atomic E-state index is 0.0664. The van der Waals surface area contributed by atoms with Gasteiger partial charge in [0.2, 0.25) is 0 Å². The van der Waals surface area contributed by atoms with Gasteiger partial charge in [0, 0.05) is 32.0 Å². The third kappa shape index (κ3) is 2.52. The molecule has 0 saturated heterocycles. The Labute approximate surface area is 84.3 Å². The van der Waals surface area contributed by atoms with Gasteiger partial charge in [-0.2, -0.15) is 0 Å². The largest absolute Gasteiger partial charge is 0.362 e. The molecule has 0 spiro atoms. The van der Waals surface area contributed by atoms with E-state index in [2.05, 4.69) is 10.3 Å². The number of rotatable bonds is 2. The minimum atomic E-state index is -0.0664. The number of hydrogen-bond donors (Lipinski definition) is 2. The van der Waals surface area contributed by atoms with E-state index >= 15 is 0 Å². The molecule has 0 aliphatic rings. The van der Waals surface area contributed by atoms with Gasteiger partial charge in [0.15, 0.2) is 0 Å². The standard InChI is InChI=1S/C10H17N3O/c1-7-5-9(8(2)12-7)6-11-10(14)13(3)4/h5,12H,6H2,1-4H3,(H,11,14). The molecule has 0 atom stereocenters. The molecule has 0 aliphatic carbocycles. The summed E-state index contributed by atoms with van der Waals surface area (Å²) >= 11 is 0. The molecule has 1 rings (SSSR count). The van der Waals surface area contributed by atoms with Crippen molar-refractivity contribution in [3.63, 3.8) is 0 Å². The van der Waals surface area contributed by atoms with Crippen LogP contribution in [0.3, 0.4) is 0 Å². The monoisotopic (exact) mass is 195 g/mol. The third-order valence-corrected chi connectivity index (χ3v) is 2.09. The highest BCUT2D eigenvalue weighted by atomic mass is 16.2. The molecule has 78 valence electrons. The lowest BCUT2D eigenvalue weighted by atomic mass is 10.2. The van der Waals surface area contributed by atoms with E-state index in [0.717, 1.165) is 17.0 Å². The van der Waals surface area contributed by atoms with E-state index in [1.807, 2.05) is 19.9 Å². The van der Waals surface area contributed by atoms with E-state index < -0.39 is 0 Å². The Balaban J connectivity index is 2.54. The highest BCUT2D eigenvalue weighted by Crippen LogP contribution is 2.08. The number of amides is 2. The predicted octanol–water partition coefficient (Wildman–Crippen LogP) is 1.40. The molecule has 2 N–H and O–H groups in total. The van der Waals surface area contributed by atoms with Crippen molar-refractivity contribution in [2.45, 2.75) is 20.4 Å². The number of aromatic nitrogens is 1. The van der Waals surface area contributed by atoms with Crippen molar-refractivity contribution in [3.8, 4) is 0 Å². The highest BCUT2D eigenvalue weighted by molar-refractivity contribution is 5.73. The zero-order chi connectivity index (χ0) is 10.7. The number of H-pyrrole nitrogens is 1. The summed E-state index contributed by atoms with van der Waals surface area (Å²) in [6.07, 6.45) is 0. The predicted molar refractivity (Wildman–Crippen MR) is 56.2 cm³/mol. The molecule has 0 saturated carbocycles. The fourth-order valence-electron chi connectivity index (χ4n) is 1.29. The molecule has 1 heterocycles. The highest BCUT2D eigenvalue weighted by Gasteiger charge is 2.05. The third-order valence-electron chi connectivity index (χ3n) is 2.09. The van der Waals surface area contributed by atoms with Crippen LogP contribution in [0.4, 0.5) is 4.79 Å². The summed E-state index contributed by atoms with van der Waals surface area (Å²) in [6.45, 7) is 4.58. The van der Waals surface area contributed by atoms with Crippen molar-refractivity contribution in [3.05, 3.63) is 23.0 Å². The first kappa shape index (κ1) is 10.6. The van der Waals surface area contributed by atoms with Crippen LogP contribution in [-0.2, 0) is 6.54 Å². The van der Waals surface area contributed by atoms with Crippen LogP contribution < -0.4 is 5.32 Å². The van der Waals surface area contributed by atoms with Crippen molar-refractivity contribution in [2.75, 3.05) is 14.1 Å². The van der Waals surface area contributed by atoms with Gasteiger partial charge in [-0.1, -0.05) is 0 Å². The van der Waals surface area contributed by atoms with Crippen LogP contribution >= 0.6 is 0 Å². The lowest BCUT2D eigenvalue weighted by Gasteiger charge is -2.11. The van der Waals surface area contributed by atoms with Crippen LogP contribution in [0.5, 0.6) is 0 Å². The SMILES string of the molecule is Cc1cc(CNC(=O)N(C)C)c(C)[nH]1. The normalized spacial score (nSPS) is 10.0. The molecule has 2 amide bonds. The van der Waals surface area contributed by atoms with Crippen molar-refractivity contribution in [1.82, 2.24) is 15.2 Å². The first-order chi connectivity index (χ1) is 6.50. The van der Waals surface area contributed by atoms with Crippen molar-refractivity contribution >= 4 is 6.03 Å². The van der Waals surface area contributed by atoms with Crippen LogP contribution in [0.2, 0.25) is 0 Å². The zero-order valence-electron chi connectivity index (χ0n) is 9.14. The summed E-state index contributed by atoms with van der Waals surface area (Å²) in [4.78, 5) is 16.0. The van der Waals surface area contributed by atoms with E-state index in [1.165, 1.54) is 4.90 Å². The summed E-state index contributed by atoms with van der Waals surface area (Å²) in [5.74, 6) is 0. The van der Waals surface area contributed by atoms with Gasteiger partial charge in [-0.15, -0.1) is 0 Å². The molecule has 1 aromatic rings. The second-order valence-corrected chi connectivity index (χ2v) is 3.66. The quantitative estimate of drug-likeness (QED) is 0.736. The Kier molecular flexibility index (Phi) is 3.17. The topological polar surface area (TPSA) is 48.1 Å². The van der Waals surface area contributed by atoms with E-state index in [1.54, 1.807) is 14.1 Å². The Morgan fingerprint density at radius 1 is 1.50 bits per heavy atom. The summed E-state index contributed by atoms with van der Waals surface area (Å²) in [6, 6.07) is 1.98. The van der Waals surface area contributed by atoms with Crippen LogP contribution in [-0.4, -0.2) is 30.0 Å². The fourth-order valence-corrected chi connectivity index (χ4v) is 1.29. The van der Waals surface area contributed by atoms with Crippen molar-refractivity contribution in [2.24, 2.45) is 0 Å². The Bertz CT molecular complexity index is 328. The van der Waals surface area contributed by atoms with E-state index in [4.69, 9.17) is 0 Å². The summed E-state index contributed by atoms with van der Waals surface area (Å²) in [7, 11) is 3.45. The zero-order valence-corrected chi connectivity index (χ0v) is 9.14. The molecule has 0 aromatic carbocycles. The van der Waals surface area contributed by atoms with E-state index in [9.17, 15) is 4.79 Å². The second-order valence-electron chi connectivity index (χ2n) is 3.66. The number of carbonyl (C=O) groups excluding carboxylic acids is 1. The fraction of sp³-hybridized carbons (Fsp3) is 0.500. The maximum Gasteiger partial charge on any atom is 0.317 e. The second kappa shape index (κ2) is 4.17. The van der Waals surface area contributed by atoms with Gasteiger partial charge in [-0.3, -0.25) is 0 Å². The minimum Gasteiger partial charge on any atom is -0.362 e. The summed E-state index contributed by atoms with van der Waals surface area (Å²) in [5, 5.41) is 2.82. The average molecular weight is 195 g/mol. The summed E-state index contributed by atoms with van der Waals surface area (Å²) < 4.78 is 0. The van der Waals surface area contributed by atoms with Crippen LogP contribution in [0, 0.1) is 13.8 Å². The Morgan fingerprint density at radius 2 is 2.14 bits per heavy atom. The van der Waals surface area contributed by atoms with Crippen LogP contribution in [0.1, 0.15) is 17.0 Å². The van der Waals surface area contributed by atoms with Gasteiger partial charge in [0.25, 0.3) is 0 Å². The molecule has 4 heteroatoms. The molecule has 4 nitrogen and oxygen atoms in total. The number of hydrogen-bond acceptors (Lipinski definition) is 1. The van der Waals surface area contributed by atoms with Gasteiger partial charge >= 0.3 is 6.03 Å². The van der Waals surface area contributed by atoms with Gasteiger partial charge in [-0.25, -0.2) is 4.79 Å². The molecule has 0 fully saturated rings. The number of carbonyl (C=O) groups is 1. The van der Waals surface area contributed by atoms with Crippen molar-refractivity contribution < 1.29 is 4.79 Å².